The zero-order chi connectivity index (χ0) is 18.7. The van der Waals surface area contributed by atoms with Crippen LogP contribution in [0.3, 0.4) is 0 Å². The van der Waals surface area contributed by atoms with Gasteiger partial charge in [0.05, 0.1) is 15.7 Å². The third-order valence-corrected chi connectivity index (χ3v) is 5.74. The van der Waals surface area contributed by atoms with Crippen LogP contribution in [0, 0.1) is 18.3 Å². The summed E-state index contributed by atoms with van der Waals surface area (Å²) in [4.78, 5) is 4.55. The average molecular weight is 465 g/mol. The molecule has 0 amide bonds. The molecule has 1 heterocycles. The average Bonchev–Trinajstić information content (AvgIpc) is 3.09. The monoisotopic (exact) mass is 463 g/mol. The van der Waals surface area contributed by atoms with Crippen molar-refractivity contribution >= 4 is 61.7 Å². The number of hydrogen-bond acceptors (Lipinski definition) is 4. The van der Waals surface area contributed by atoms with Gasteiger partial charge in [-0.25, -0.2) is 4.98 Å². The number of hydrogen-bond donors (Lipinski definition) is 1. The largest absolute Gasteiger partial charge is 0.360 e. The lowest BCUT2D eigenvalue weighted by Crippen LogP contribution is -1.93. The highest BCUT2D eigenvalue weighted by Gasteiger charge is 2.10. The lowest BCUT2D eigenvalue weighted by Gasteiger charge is -2.06. The fourth-order valence-electron chi connectivity index (χ4n) is 2.27. The van der Waals surface area contributed by atoms with E-state index in [1.54, 1.807) is 18.3 Å². The molecule has 0 atom stereocenters. The van der Waals surface area contributed by atoms with Crippen molar-refractivity contribution in [1.82, 2.24) is 4.98 Å². The summed E-state index contributed by atoms with van der Waals surface area (Å²) in [7, 11) is 0. The molecule has 1 N–H and O–H groups in total. The second-order valence-electron chi connectivity index (χ2n) is 5.44. The molecule has 0 aliphatic rings. The molecule has 0 radical (unpaired) electrons. The van der Waals surface area contributed by atoms with Crippen LogP contribution < -0.4 is 5.32 Å². The highest BCUT2D eigenvalue weighted by atomic mass is 79.9. The maximum Gasteiger partial charge on any atom is 0.136 e. The van der Waals surface area contributed by atoms with Crippen molar-refractivity contribution in [1.29, 1.82) is 5.26 Å². The van der Waals surface area contributed by atoms with Crippen LogP contribution in [0.1, 0.15) is 10.6 Å². The zero-order valence-electron chi connectivity index (χ0n) is 13.6. The Kier molecular flexibility index (Phi) is 6.00. The third-order valence-electron chi connectivity index (χ3n) is 3.63. The Bertz CT molecular complexity index is 1040. The van der Waals surface area contributed by atoms with Gasteiger partial charge in [-0.1, -0.05) is 45.2 Å². The minimum atomic E-state index is 0.462. The Morgan fingerprint density at radius 1 is 1.23 bits per heavy atom. The summed E-state index contributed by atoms with van der Waals surface area (Å²) >= 11 is 16.9. The first-order chi connectivity index (χ1) is 12.5. The summed E-state index contributed by atoms with van der Waals surface area (Å²) in [6, 6.07) is 13.5. The Balaban J connectivity index is 1.86. The number of rotatable bonds is 4. The number of aromatic nitrogens is 1. The Labute approximate surface area is 174 Å². The Hall–Kier alpha value is -1.84. The summed E-state index contributed by atoms with van der Waals surface area (Å²) < 4.78 is 1.01. The maximum atomic E-state index is 9.49. The number of nitriles is 1. The van der Waals surface area contributed by atoms with Gasteiger partial charge >= 0.3 is 0 Å². The topological polar surface area (TPSA) is 48.7 Å². The molecule has 0 fully saturated rings. The molecule has 3 nitrogen and oxygen atoms in total. The number of allylic oxidation sites excluding steroid dienone is 1. The lowest BCUT2D eigenvalue weighted by molar-refractivity contribution is 1.36. The maximum absolute atomic E-state index is 9.49. The van der Waals surface area contributed by atoms with E-state index < -0.39 is 0 Å². The van der Waals surface area contributed by atoms with E-state index in [1.165, 1.54) is 11.3 Å². The molecule has 0 spiro atoms. The van der Waals surface area contributed by atoms with E-state index in [1.807, 2.05) is 36.6 Å². The number of nitrogens with one attached hydrogen (secondary N) is 1. The first-order valence-corrected chi connectivity index (χ1v) is 9.95. The quantitative estimate of drug-likeness (QED) is 0.416. The van der Waals surface area contributed by atoms with Crippen molar-refractivity contribution in [2.45, 2.75) is 6.92 Å². The molecule has 1 aromatic heterocycles. The summed E-state index contributed by atoms with van der Waals surface area (Å²) in [6.45, 7) is 2.00. The van der Waals surface area contributed by atoms with E-state index in [4.69, 9.17) is 23.2 Å². The first kappa shape index (κ1) is 18.9. The highest BCUT2D eigenvalue weighted by molar-refractivity contribution is 9.10. The fourth-order valence-corrected chi connectivity index (χ4v) is 3.83. The van der Waals surface area contributed by atoms with Gasteiger partial charge < -0.3 is 5.32 Å². The van der Waals surface area contributed by atoms with Crippen LogP contribution in [0.2, 0.25) is 10.0 Å². The van der Waals surface area contributed by atoms with Crippen LogP contribution >= 0.6 is 50.5 Å². The number of nitrogens with zero attached hydrogens (tertiary/aromatic N) is 2. The molecule has 0 unspecified atom stereocenters. The van der Waals surface area contributed by atoms with Crippen molar-refractivity contribution in [2.75, 3.05) is 5.32 Å². The van der Waals surface area contributed by atoms with Gasteiger partial charge in [-0.3, -0.25) is 0 Å². The molecule has 0 aliphatic heterocycles. The Morgan fingerprint density at radius 3 is 2.73 bits per heavy atom. The van der Waals surface area contributed by atoms with Gasteiger partial charge in [0.25, 0.3) is 0 Å². The van der Waals surface area contributed by atoms with E-state index in [-0.39, 0.29) is 0 Å². The van der Waals surface area contributed by atoms with Gasteiger partial charge in [0.1, 0.15) is 16.6 Å². The van der Waals surface area contributed by atoms with Crippen molar-refractivity contribution < 1.29 is 0 Å². The minimum Gasteiger partial charge on any atom is -0.360 e. The van der Waals surface area contributed by atoms with Crippen LogP contribution in [0.15, 0.2) is 52.5 Å². The number of anilines is 1. The second-order valence-corrected chi connectivity index (χ2v) is 8.03. The smallest absolute Gasteiger partial charge is 0.136 e. The molecule has 0 saturated heterocycles. The molecule has 2 aromatic carbocycles. The van der Waals surface area contributed by atoms with Gasteiger partial charge in [0.2, 0.25) is 0 Å². The molecule has 3 aromatic rings. The number of benzene rings is 2. The van der Waals surface area contributed by atoms with Crippen LogP contribution in [-0.2, 0) is 0 Å². The summed E-state index contributed by atoms with van der Waals surface area (Å²) in [5.41, 5.74) is 4.08. The lowest BCUT2D eigenvalue weighted by atomic mass is 10.2. The van der Waals surface area contributed by atoms with E-state index in [0.717, 1.165) is 27.0 Å². The Morgan fingerprint density at radius 2 is 2.04 bits per heavy atom. The van der Waals surface area contributed by atoms with Gasteiger partial charge in [-0.2, -0.15) is 5.26 Å². The van der Waals surface area contributed by atoms with Crippen LogP contribution in [-0.4, -0.2) is 4.98 Å². The molecule has 0 saturated carbocycles. The third kappa shape index (κ3) is 4.28. The molecule has 26 heavy (non-hydrogen) atoms. The normalized spacial score (nSPS) is 11.3. The van der Waals surface area contributed by atoms with Crippen LogP contribution in [0.4, 0.5) is 5.69 Å². The molecular formula is C19H12BrCl2N3S. The predicted molar refractivity (Wildman–Crippen MR) is 114 cm³/mol. The van der Waals surface area contributed by atoms with Crippen LogP contribution in [0.25, 0.3) is 16.8 Å². The van der Waals surface area contributed by atoms with Gasteiger partial charge in [0.15, 0.2) is 0 Å². The summed E-state index contributed by atoms with van der Waals surface area (Å²) in [5.74, 6) is 0. The van der Waals surface area contributed by atoms with Gasteiger partial charge in [-0.05, 0) is 42.8 Å². The standard InChI is InChI=1S/C19H12BrCl2N3S/c1-11-6-14(20)3-5-17(11)24-9-13(8-23)19-25-18(10-26-19)12-2-4-15(21)16(22)7-12/h2-7,9-10,24H,1H3. The number of aryl methyl sites for hydroxylation is 1. The molecule has 3 rings (SSSR count). The van der Waals surface area contributed by atoms with E-state index in [9.17, 15) is 5.26 Å². The molecule has 7 heteroatoms. The van der Waals surface area contributed by atoms with Crippen molar-refractivity contribution in [2.24, 2.45) is 0 Å². The van der Waals surface area contributed by atoms with Gasteiger partial charge in [-0.15, -0.1) is 11.3 Å². The van der Waals surface area contributed by atoms with Crippen molar-refractivity contribution in [3.05, 3.63) is 73.1 Å². The molecule has 0 bridgehead atoms. The van der Waals surface area contributed by atoms with Gasteiger partial charge in [0, 0.05) is 27.3 Å². The molecule has 130 valence electrons. The minimum absolute atomic E-state index is 0.462. The second kappa shape index (κ2) is 8.24. The number of halogens is 3. The van der Waals surface area contributed by atoms with Crippen molar-refractivity contribution in [3.8, 4) is 17.3 Å². The van der Waals surface area contributed by atoms with E-state index >= 15 is 0 Å². The predicted octanol–water partition coefficient (Wildman–Crippen LogP) is 7.16. The van der Waals surface area contributed by atoms with E-state index in [0.29, 0.717) is 20.6 Å². The molecular weight excluding hydrogens is 453 g/mol. The summed E-state index contributed by atoms with van der Waals surface area (Å²) in [5, 5.41) is 16.2. The zero-order valence-corrected chi connectivity index (χ0v) is 17.5. The SMILES string of the molecule is Cc1cc(Br)ccc1NC=C(C#N)c1nc(-c2ccc(Cl)c(Cl)c2)cs1. The first-order valence-electron chi connectivity index (χ1n) is 7.52. The fraction of sp³-hybridized carbons (Fsp3) is 0.0526. The molecule has 0 aliphatic carbocycles. The van der Waals surface area contributed by atoms with Crippen molar-refractivity contribution in [3.63, 3.8) is 0 Å². The van der Waals surface area contributed by atoms with Crippen LogP contribution in [0.5, 0.6) is 0 Å². The summed E-state index contributed by atoms with van der Waals surface area (Å²) in [6.07, 6.45) is 1.67. The highest BCUT2D eigenvalue weighted by Crippen LogP contribution is 2.31. The van der Waals surface area contributed by atoms with E-state index in [2.05, 4.69) is 32.3 Å². The number of thiazole rings is 1.